The van der Waals surface area contributed by atoms with E-state index in [1.807, 2.05) is 32.9 Å². The first-order chi connectivity index (χ1) is 15.8. The lowest BCUT2D eigenvalue weighted by molar-refractivity contribution is -0.117. The molecule has 5 aromatic rings. The second-order valence-corrected chi connectivity index (χ2v) is 8.12. The van der Waals surface area contributed by atoms with E-state index < -0.39 is 5.69 Å². The first kappa shape index (κ1) is 20.6. The molecule has 0 saturated carbocycles. The van der Waals surface area contributed by atoms with Crippen molar-refractivity contribution in [2.45, 2.75) is 27.3 Å². The summed E-state index contributed by atoms with van der Waals surface area (Å²) in [6, 6.07) is 11.8. The van der Waals surface area contributed by atoms with Gasteiger partial charge in [0.15, 0.2) is 5.65 Å². The Labute approximate surface area is 187 Å². The number of carbonyl (C=O) groups excluding carboxylic acids is 1. The molecule has 0 aliphatic rings. The Hall–Kier alpha value is -4.27. The van der Waals surface area contributed by atoms with Crippen LogP contribution in [-0.4, -0.2) is 29.7 Å². The van der Waals surface area contributed by atoms with Gasteiger partial charge in [-0.3, -0.25) is 4.79 Å². The third-order valence-electron chi connectivity index (χ3n) is 5.57. The zero-order chi connectivity index (χ0) is 23.3. The van der Waals surface area contributed by atoms with Crippen LogP contribution in [0.25, 0.3) is 22.4 Å². The van der Waals surface area contributed by atoms with E-state index in [0.717, 1.165) is 32.6 Å². The Morgan fingerprint density at radius 2 is 1.70 bits per heavy atom. The molecule has 0 unspecified atom stereocenters. The third-order valence-corrected chi connectivity index (χ3v) is 5.57. The van der Waals surface area contributed by atoms with Crippen LogP contribution in [0.5, 0.6) is 0 Å². The molecule has 2 aromatic carbocycles. The maximum atomic E-state index is 13.3. The van der Waals surface area contributed by atoms with Gasteiger partial charge in [-0.05, 0) is 62.2 Å². The number of hydrogen-bond donors (Lipinski definition) is 1. The van der Waals surface area contributed by atoms with Crippen LogP contribution in [0.3, 0.4) is 0 Å². The highest BCUT2D eigenvalue weighted by Crippen LogP contribution is 2.23. The normalized spacial score (nSPS) is 11.4. The summed E-state index contributed by atoms with van der Waals surface area (Å²) >= 11 is 0. The van der Waals surface area contributed by atoms with Crippen molar-refractivity contribution < 1.29 is 9.18 Å². The SMILES string of the molecule is Cc1cc(C)c(NC(=O)Cn2nc3c4cc(-c5ccc(F)cc5)nn4ccn3c2=O)c(C)c1. The number of rotatable bonds is 4. The smallest absolute Gasteiger partial charge is 0.324 e. The summed E-state index contributed by atoms with van der Waals surface area (Å²) in [6.45, 7) is 5.64. The number of carbonyl (C=O) groups is 1. The van der Waals surface area contributed by atoms with E-state index in [1.165, 1.54) is 16.5 Å². The van der Waals surface area contributed by atoms with Crippen LogP contribution in [0.2, 0.25) is 0 Å². The highest BCUT2D eigenvalue weighted by molar-refractivity contribution is 5.92. The molecule has 166 valence electrons. The fourth-order valence-electron chi connectivity index (χ4n) is 4.09. The first-order valence-corrected chi connectivity index (χ1v) is 10.4. The number of anilines is 1. The number of aromatic nitrogens is 5. The van der Waals surface area contributed by atoms with E-state index in [1.54, 1.807) is 35.1 Å². The Morgan fingerprint density at radius 1 is 1.00 bits per heavy atom. The highest BCUT2D eigenvalue weighted by atomic mass is 19.1. The van der Waals surface area contributed by atoms with Crippen molar-refractivity contribution in [3.8, 4) is 11.3 Å². The van der Waals surface area contributed by atoms with Gasteiger partial charge in [0.05, 0.1) is 5.69 Å². The molecule has 0 fully saturated rings. The number of hydrogen-bond acceptors (Lipinski definition) is 4. The summed E-state index contributed by atoms with van der Waals surface area (Å²) in [5.74, 6) is -0.670. The van der Waals surface area contributed by atoms with Crippen molar-refractivity contribution in [1.82, 2.24) is 23.8 Å². The molecule has 0 atom stereocenters. The average Bonchev–Trinajstić information content (AvgIpc) is 3.33. The van der Waals surface area contributed by atoms with Crippen LogP contribution in [0.1, 0.15) is 16.7 Å². The van der Waals surface area contributed by atoms with Gasteiger partial charge in [-0.25, -0.2) is 22.8 Å². The lowest BCUT2D eigenvalue weighted by Gasteiger charge is -2.12. The minimum Gasteiger partial charge on any atom is -0.324 e. The van der Waals surface area contributed by atoms with Crippen LogP contribution in [0.15, 0.2) is 59.7 Å². The standard InChI is InChI=1S/C24H21FN6O2/c1-14-10-15(2)22(16(3)11-14)26-21(32)13-31-24(33)29-8-9-30-20(23(29)28-31)12-19(27-30)17-4-6-18(25)7-5-17/h4-12H,13H2,1-3H3,(H,26,32). The molecular weight excluding hydrogens is 423 g/mol. The molecule has 3 heterocycles. The van der Waals surface area contributed by atoms with Crippen molar-refractivity contribution in [3.05, 3.63) is 87.9 Å². The van der Waals surface area contributed by atoms with Crippen molar-refractivity contribution in [2.24, 2.45) is 0 Å². The van der Waals surface area contributed by atoms with Gasteiger partial charge in [0.1, 0.15) is 17.9 Å². The number of nitrogens with zero attached hydrogens (tertiary/aromatic N) is 5. The second-order valence-electron chi connectivity index (χ2n) is 8.12. The van der Waals surface area contributed by atoms with Crippen LogP contribution in [0, 0.1) is 26.6 Å². The van der Waals surface area contributed by atoms with E-state index in [9.17, 15) is 14.0 Å². The average molecular weight is 444 g/mol. The molecule has 0 radical (unpaired) electrons. The maximum absolute atomic E-state index is 13.3. The minimum absolute atomic E-state index is 0.224. The predicted octanol–water partition coefficient (Wildman–Crippen LogP) is 3.51. The quantitative estimate of drug-likeness (QED) is 0.460. The molecular formula is C24H21FN6O2. The van der Waals surface area contributed by atoms with Crippen molar-refractivity contribution in [1.29, 1.82) is 0 Å². The minimum atomic E-state index is -0.426. The molecule has 0 aliphatic carbocycles. The molecule has 0 saturated heterocycles. The number of benzene rings is 2. The number of amides is 1. The van der Waals surface area contributed by atoms with Crippen molar-refractivity contribution in [3.63, 3.8) is 0 Å². The summed E-state index contributed by atoms with van der Waals surface area (Å²) in [4.78, 5) is 25.6. The second kappa shape index (κ2) is 7.70. The van der Waals surface area contributed by atoms with E-state index in [2.05, 4.69) is 15.5 Å². The first-order valence-electron chi connectivity index (χ1n) is 10.4. The molecule has 1 amide bonds. The zero-order valence-electron chi connectivity index (χ0n) is 18.3. The molecule has 0 bridgehead atoms. The van der Waals surface area contributed by atoms with E-state index in [-0.39, 0.29) is 18.3 Å². The molecule has 8 nitrogen and oxygen atoms in total. The lowest BCUT2D eigenvalue weighted by atomic mass is 10.1. The highest BCUT2D eigenvalue weighted by Gasteiger charge is 2.16. The van der Waals surface area contributed by atoms with Gasteiger partial charge in [-0.2, -0.15) is 5.10 Å². The molecule has 9 heteroatoms. The Balaban J connectivity index is 1.49. The van der Waals surface area contributed by atoms with E-state index >= 15 is 0 Å². The van der Waals surface area contributed by atoms with Crippen molar-refractivity contribution in [2.75, 3.05) is 5.32 Å². The van der Waals surface area contributed by atoms with Crippen LogP contribution >= 0.6 is 0 Å². The van der Waals surface area contributed by atoms with E-state index in [0.29, 0.717) is 16.9 Å². The largest absolute Gasteiger partial charge is 0.350 e. The summed E-state index contributed by atoms with van der Waals surface area (Å²) in [6.07, 6.45) is 3.20. The molecule has 33 heavy (non-hydrogen) atoms. The summed E-state index contributed by atoms with van der Waals surface area (Å²) in [7, 11) is 0. The van der Waals surface area contributed by atoms with Gasteiger partial charge in [-0.1, -0.05) is 17.7 Å². The fourth-order valence-corrected chi connectivity index (χ4v) is 4.09. The molecule has 5 rings (SSSR count). The predicted molar refractivity (Wildman–Crippen MR) is 123 cm³/mol. The molecule has 3 aromatic heterocycles. The topological polar surface area (TPSA) is 85.7 Å². The van der Waals surface area contributed by atoms with Gasteiger partial charge >= 0.3 is 5.69 Å². The van der Waals surface area contributed by atoms with Gasteiger partial charge < -0.3 is 5.32 Å². The Morgan fingerprint density at radius 3 is 2.39 bits per heavy atom. The number of fused-ring (bicyclic) bond motifs is 3. The van der Waals surface area contributed by atoms with Gasteiger partial charge in [-0.15, -0.1) is 5.10 Å². The third kappa shape index (κ3) is 3.67. The number of nitrogens with one attached hydrogen (secondary N) is 1. The molecule has 1 N–H and O–H groups in total. The molecule has 0 spiro atoms. The zero-order valence-corrected chi connectivity index (χ0v) is 18.3. The van der Waals surface area contributed by atoms with Crippen LogP contribution in [-0.2, 0) is 11.3 Å². The van der Waals surface area contributed by atoms with Gasteiger partial charge in [0, 0.05) is 23.6 Å². The molecule has 0 aliphatic heterocycles. The summed E-state index contributed by atoms with van der Waals surface area (Å²) in [5.41, 5.74) is 5.67. The number of aryl methyl sites for hydroxylation is 3. The van der Waals surface area contributed by atoms with Crippen LogP contribution in [0.4, 0.5) is 10.1 Å². The fraction of sp³-hybridized carbons (Fsp3) is 0.167. The maximum Gasteiger partial charge on any atom is 0.350 e. The van der Waals surface area contributed by atoms with Gasteiger partial charge in [0.2, 0.25) is 5.91 Å². The van der Waals surface area contributed by atoms with Crippen molar-refractivity contribution >= 4 is 22.8 Å². The Kier molecular flexibility index (Phi) is 4.81. The summed E-state index contributed by atoms with van der Waals surface area (Å²) in [5, 5.41) is 11.8. The van der Waals surface area contributed by atoms with E-state index in [4.69, 9.17) is 0 Å². The monoisotopic (exact) mass is 444 g/mol. The Bertz CT molecular complexity index is 1570. The van der Waals surface area contributed by atoms with Gasteiger partial charge in [0.25, 0.3) is 0 Å². The summed E-state index contributed by atoms with van der Waals surface area (Å²) < 4.78 is 17.4. The number of halogens is 1. The lowest BCUT2D eigenvalue weighted by Crippen LogP contribution is -2.28. The van der Waals surface area contributed by atoms with Crippen LogP contribution < -0.4 is 11.0 Å².